The average Bonchev–Trinajstić information content (AvgIpc) is 2.89. The quantitative estimate of drug-likeness (QED) is 0.665. The molecule has 0 aliphatic carbocycles. The molecule has 0 saturated heterocycles. The zero-order valence-electron chi connectivity index (χ0n) is 12.7. The second-order valence-corrected chi connectivity index (χ2v) is 4.94. The zero-order chi connectivity index (χ0) is 15.8. The van der Waals surface area contributed by atoms with Gasteiger partial charge in [-0.3, -0.25) is 0 Å². The number of aromatic nitrogens is 3. The van der Waals surface area contributed by atoms with Gasteiger partial charge in [0.1, 0.15) is 0 Å². The molecule has 1 atom stereocenters. The van der Waals surface area contributed by atoms with Crippen LogP contribution in [-0.4, -0.2) is 44.7 Å². The Morgan fingerprint density at radius 2 is 2.05 bits per heavy atom. The minimum Gasteiger partial charge on any atom is -0.476 e. The Balaban J connectivity index is 2.31. The number of nitrogens with one attached hydrogen (secondary N) is 2. The number of carbonyl (C=O) groups excluding carboxylic acids is 1. The number of hydrogen-bond acceptors (Lipinski definition) is 4. The predicted octanol–water partition coefficient (Wildman–Crippen LogP) is 1.10. The highest BCUT2D eigenvalue weighted by Crippen LogP contribution is 2.12. The molecule has 1 heterocycles. The van der Waals surface area contributed by atoms with Crippen molar-refractivity contribution in [3.63, 3.8) is 0 Å². The summed E-state index contributed by atoms with van der Waals surface area (Å²) in [5, 5.41) is 21.5. The summed E-state index contributed by atoms with van der Waals surface area (Å²) in [4.78, 5) is 22.4. The van der Waals surface area contributed by atoms with Gasteiger partial charge in [-0.1, -0.05) is 31.9 Å². The number of aromatic carboxylic acids is 1. The molecule has 3 N–H and O–H groups in total. The van der Waals surface area contributed by atoms with Gasteiger partial charge in [0.05, 0.1) is 12.7 Å². The van der Waals surface area contributed by atoms with Crippen LogP contribution in [0, 0.1) is 5.92 Å². The van der Waals surface area contributed by atoms with Gasteiger partial charge in [0, 0.05) is 12.6 Å². The van der Waals surface area contributed by atoms with Gasteiger partial charge in [-0.25, -0.2) is 14.3 Å². The Kier molecular flexibility index (Phi) is 6.64. The van der Waals surface area contributed by atoms with E-state index in [0.717, 1.165) is 12.8 Å². The molecule has 21 heavy (non-hydrogen) atoms. The van der Waals surface area contributed by atoms with E-state index < -0.39 is 5.97 Å². The van der Waals surface area contributed by atoms with Crippen molar-refractivity contribution in [2.75, 3.05) is 6.54 Å². The SMILES string of the molecule is CCC(CC)C(C)NC(=O)NCCn1cc(C(=O)O)nn1. The van der Waals surface area contributed by atoms with Gasteiger partial charge in [0.25, 0.3) is 0 Å². The number of carboxylic acids is 1. The monoisotopic (exact) mass is 297 g/mol. The Morgan fingerprint density at radius 3 is 2.57 bits per heavy atom. The zero-order valence-corrected chi connectivity index (χ0v) is 12.7. The minimum absolute atomic E-state index is 0.109. The van der Waals surface area contributed by atoms with Crippen molar-refractivity contribution in [1.82, 2.24) is 25.6 Å². The molecule has 1 aromatic heterocycles. The third-order valence-electron chi connectivity index (χ3n) is 3.50. The van der Waals surface area contributed by atoms with E-state index in [9.17, 15) is 9.59 Å². The molecule has 2 amide bonds. The summed E-state index contributed by atoms with van der Waals surface area (Å²) in [7, 11) is 0. The van der Waals surface area contributed by atoms with Crippen molar-refractivity contribution in [2.24, 2.45) is 5.92 Å². The number of nitrogens with zero attached hydrogens (tertiary/aromatic N) is 3. The second-order valence-electron chi connectivity index (χ2n) is 4.94. The molecule has 0 aromatic carbocycles. The van der Waals surface area contributed by atoms with E-state index in [1.807, 2.05) is 6.92 Å². The first kappa shape index (κ1) is 16.9. The van der Waals surface area contributed by atoms with Gasteiger partial charge in [-0.15, -0.1) is 5.10 Å². The fourth-order valence-corrected chi connectivity index (χ4v) is 2.16. The normalized spacial score (nSPS) is 12.2. The molecular weight excluding hydrogens is 274 g/mol. The molecule has 8 nitrogen and oxygen atoms in total. The summed E-state index contributed by atoms with van der Waals surface area (Å²) >= 11 is 0. The molecule has 1 aromatic rings. The maximum atomic E-state index is 11.7. The molecule has 118 valence electrons. The molecule has 1 unspecified atom stereocenters. The molecule has 0 fully saturated rings. The number of hydrogen-bond donors (Lipinski definition) is 3. The van der Waals surface area contributed by atoms with E-state index in [-0.39, 0.29) is 17.8 Å². The first-order valence-electron chi connectivity index (χ1n) is 7.15. The van der Waals surface area contributed by atoms with Crippen molar-refractivity contribution in [3.8, 4) is 0 Å². The highest BCUT2D eigenvalue weighted by Gasteiger charge is 2.15. The lowest BCUT2D eigenvalue weighted by Crippen LogP contribution is -2.44. The molecular formula is C13H23N5O3. The Labute approximate surface area is 123 Å². The summed E-state index contributed by atoms with van der Waals surface area (Å²) < 4.78 is 1.38. The van der Waals surface area contributed by atoms with Crippen LogP contribution in [0.3, 0.4) is 0 Å². The van der Waals surface area contributed by atoms with Crippen LogP contribution in [0.1, 0.15) is 44.1 Å². The highest BCUT2D eigenvalue weighted by atomic mass is 16.4. The van der Waals surface area contributed by atoms with E-state index in [2.05, 4.69) is 34.8 Å². The summed E-state index contributed by atoms with van der Waals surface area (Å²) in [6.45, 7) is 6.93. The maximum absolute atomic E-state index is 11.7. The van der Waals surface area contributed by atoms with Gasteiger partial charge in [-0.2, -0.15) is 0 Å². The van der Waals surface area contributed by atoms with E-state index in [4.69, 9.17) is 5.11 Å². The fourth-order valence-electron chi connectivity index (χ4n) is 2.16. The standard InChI is InChI=1S/C13H23N5O3/c1-4-10(5-2)9(3)15-13(21)14-6-7-18-8-11(12(19)20)16-17-18/h8-10H,4-7H2,1-3H3,(H,19,20)(H2,14,15,21). The maximum Gasteiger partial charge on any atom is 0.358 e. The van der Waals surface area contributed by atoms with E-state index in [1.165, 1.54) is 10.9 Å². The van der Waals surface area contributed by atoms with Gasteiger partial charge in [0.15, 0.2) is 5.69 Å². The molecule has 1 rings (SSSR count). The molecule has 0 aliphatic heterocycles. The molecule has 0 radical (unpaired) electrons. The topological polar surface area (TPSA) is 109 Å². The van der Waals surface area contributed by atoms with Crippen LogP contribution in [0.15, 0.2) is 6.20 Å². The summed E-state index contributed by atoms with van der Waals surface area (Å²) in [6, 6.07) is -0.113. The largest absolute Gasteiger partial charge is 0.476 e. The fraction of sp³-hybridized carbons (Fsp3) is 0.692. The number of carbonyl (C=O) groups is 2. The van der Waals surface area contributed by atoms with Gasteiger partial charge in [0.2, 0.25) is 0 Å². The smallest absolute Gasteiger partial charge is 0.358 e. The lowest BCUT2D eigenvalue weighted by molar-refractivity contribution is 0.0690. The van der Waals surface area contributed by atoms with Crippen LogP contribution >= 0.6 is 0 Å². The van der Waals surface area contributed by atoms with Gasteiger partial charge in [-0.05, 0) is 12.8 Å². The van der Waals surface area contributed by atoms with Crippen molar-refractivity contribution < 1.29 is 14.7 Å². The first-order valence-corrected chi connectivity index (χ1v) is 7.15. The van der Waals surface area contributed by atoms with Crippen molar-refractivity contribution >= 4 is 12.0 Å². The Bertz CT molecular complexity index is 470. The number of amides is 2. The van der Waals surface area contributed by atoms with Crippen LogP contribution in [0.25, 0.3) is 0 Å². The van der Waals surface area contributed by atoms with Crippen molar-refractivity contribution in [1.29, 1.82) is 0 Å². The van der Waals surface area contributed by atoms with Crippen LogP contribution in [0.4, 0.5) is 4.79 Å². The Hall–Kier alpha value is -2.12. The summed E-state index contributed by atoms with van der Waals surface area (Å²) in [5.74, 6) is -0.657. The van der Waals surface area contributed by atoms with Crippen LogP contribution in [0.2, 0.25) is 0 Å². The third kappa shape index (κ3) is 5.41. The Morgan fingerprint density at radius 1 is 1.38 bits per heavy atom. The van der Waals surface area contributed by atoms with Crippen molar-refractivity contribution in [3.05, 3.63) is 11.9 Å². The lowest BCUT2D eigenvalue weighted by atomic mass is 9.96. The highest BCUT2D eigenvalue weighted by molar-refractivity contribution is 5.84. The van der Waals surface area contributed by atoms with Gasteiger partial charge >= 0.3 is 12.0 Å². The van der Waals surface area contributed by atoms with Crippen LogP contribution in [0.5, 0.6) is 0 Å². The lowest BCUT2D eigenvalue weighted by Gasteiger charge is -2.22. The van der Waals surface area contributed by atoms with E-state index in [1.54, 1.807) is 0 Å². The second kappa shape index (κ2) is 8.23. The minimum atomic E-state index is -1.12. The predicted molar refractivity (Wildman–Crippen MR) is 77.0 cm³/mol. The van der Waals surface area contributed by atoms with Crippen LogP contribution in [-0.2, 0) is 6.54 Å². The van der Waals surface area contributed by atoms with Crippen LogP contribution < -0.4 is 10.6 Å². The van der Waals surface area contributed by atoms with Crippen molar-refractivity contribution in [2.45, 2.75) is 46.2 Å². The van der Waals surface area contributed by atoms with E-state index >= 15 is 0 Å². The molecule has 0 aliphatic rings. The number of carboxylic acid groups (broad SMARTS) is 1. The average molecular weight is 297 g/mol. The number of rotatable bonds is 8. The molecule has 0 bridgehead atoms. The van der Waals surface area contributed by atoms with Gasteiger partial charge < -0.3 is 15.7 Å². The molecule has 0 saturated carbocycles. The third-order valence-corrected chi connectivity index (χ3v) is 3.50. The number of urea groups is 1. The summed E-state index contributed by atoms with van der Waals surface area (Å²) in [6.07, 6.45) is 3.37. The van der Waals surface area contributed by atoms with E-state index in [0.29, 0.717) is 19.0 Å². The molecule has 0 spiro atoms. The molecule has 8 heteroatoms. The summed E-state index contributed by atoms with van der Waals surface area (Å²) in [5.41, 5.74) is -0.109. The first-order chi connectivity index (χ1) is 9.97.